The zero-order valence-electron chi connectivity index (χ0n) is 17.9. The first kappa shape index (κ1) is 17.6. The first-order valence-electron chi connectivity index (χ1n) is 10.9. The molecule has 0 unspecified atom stereocenters. The Hall–Kier alpha value is -4.05. The fourth-order valence-electron chi connectivity index (χ4n) is 5.44. The lowest BCUT2D eigenvalue weighted by Crippen LogP contribution is -2.14. The maximum atomic E-state index is 4.47. The molecule has 0 saturated carbocycles. The highest BCUT2D eigenvalue weighted by molar-refractivity contribution is 6.11. The second-order valence-corrected chi connectivity index (χ2v) is 9.08. The van der Waals surface area contributed by atoms with E-state index in [-0.39, 0.29) is 5.41 Å². The summed E-state index contributed by atoms with van der Waals surface area (Å²) >= 11 is 0. The van der Waals surface area contributed by atoms with Crippen molar-refractivity contribution in [2.45, 2.75) is 19.3 Å². The molecule has 2 heterocycles. The number of benzene rings is 4. The molecular weight excluding hydrogens is 392 g/mol. The quantitative estimate of drug-likeness (QED) is 0.313. The van der Waals surface area contributed by atoms with Crippen LogP contribution in [0.4, 0.5) is 0 Å². The molecule has 0 atom stereocenters. The van der Waals surface area contributed by atoms with Gasteiger partial charge in [0.2, 0.25) is 5.95 Å². The molecule has 0 amide bonds. The van der Waals surface area contributed by atoms with Gasteiger partial charge >= 0.3 is 0 Å². The van der Waals surface area contributed by atoms with Gasteiger partial charge in [0, 0.05) is 16.2 Å². The first-order valence-corrected chi connectivity index (χ1v) is 10.9. The van der Waals surface area contributed by atoms with Crippen LogP contribution >= 0.6 is 0 Å². The molecule has 6 aromatic rings. The van der Waals surface area contributed by atoms with Crippen molar-refractivity contribution >= 4 is 32.6 Å². The zero-order chi connectivity index (χ0) is 21.4. The molecule has 0 N–H and O–H groups in total. The largest absolute Gasteiger partial charge is 0.278 e. The normalized spacial score (nSPS) is 14.2. The average molecular weight is 412 g/mol. The second-order valence-electron chi connectivity index (χ2n) is 9.08. The second kappa shape index (κ2) is 6.01. The van der Waals surface area contributed by atoms with Crippen molar-refractivity contribution in [2.24, 2.45) is 0 Å². The predicted molar refractivity (Wildman–Crippen MR) is 129 cm³/mol. The maximum Gasteiger partial charge on any atom is 0.237 e. The van der Waals surface area contributed by atoms with Crippen molar-refractivity contribution in [3.63, 3.8) is 0 Å². The Morgan fingerprint density at radius 3 is 2.12 bits per heavy atom. The molecule has 0 radical (unpaired) electrons. The van der Waals surface area contributed by atoms with Crippen LogP contribution in [0.1, 0.15) is 25.0 Å². The number of nitrogens with zero attached hydrogens (tertiary/aromatic N) is 4. The Kier molecular flexibility index (Phi) is 3.31. The Morgan fingerprint density at radius 1 is 0.656 bits per heavy atom. The fourth-order valence-corrected chi connectivity index (χ4v) is 5.44. The van der Waals surface area contributed by atoms with Crippen molar-refractivity contribution in [3.8, 4) is 17.1 Å². The summed E-state index contributed by atoms with van der Waals surface area (Å²) in [6, 6.07) is 26.5. The van der Waals surface area contributed by atoms with Crippen molar-refractivity contribution < 1.29 is 0 Å². The van der Waals surface area contributed by atoms with E-state index in [0.29, 0.717) is 5.95 Å². The van der Waals surface area contributed by atoms with Crippen LogP contribution in [-0.2, 0) is 5.41 Å². The van der Waals surface area contributed by atoms with Gasteiger partial charge in [-0.25, -0.2) is 15.0 Å². The van der Waals surface area contributed by atoms with Crippen molar-refractivity contribution in [1.29, 1.82) is 0 Å². The van der Waals surface area contributed by atoms with Crippen molar-refractivity contribution in [1.82, 2.24) is 19.5 Å². The Morgan fingerprint density at radius 2 is 1.31 bits per heavy atom. The van der Waals surface area contributed by atoms with E-state index in [4.69, 9.17) is 0 Å². The van der Waals surface area contributed by atoms with E-state index in [1.165, 1.54) is 43.8 Å². The Labute approximate surface area is 185 Å². The van der Waals surface area contributed by atoms with Crippen LogP contribution in [-0.4, -0.2) is 19.5 Å². The van der Waals surface area contributed by atoms with Gasteiger partial charge in [0.05, 0.1) is 11.0 Å². The number of hydrogen-bond acceptors (Lipinski definition) is 3. The Balaban J connectivity index is 1.63. The summed E-state index contributed by atoms with van der Waals surface area (Å²) in [5.41, 5.74) is 7.52. The number of fused-ring (bicyclic) bond motifs is 7. The number of rotatable bonds is 1. The summed E-state index contributed by atoms with van der Waals surface area (Å²) < 4.78 is 2.15. The lowest BCUT2D eigenvalue weighted by Gasteiger charge is -2.22. The predicted octanol–water partition coefficient (Wildman–Crippen LogP) is 6.43. The average Bonchev–Trinajstić information content (AvgIpc) is 3.26. The topological polar surface area (TPSA) is 43.6 Å². The summed E-state index contributed by atoms with van der Waals surface area (Å²) in [5.74, 6) is 0.641. The van der Waals surface area contributed by atoms with Crippen LogP contribution < -0.4 is 0 Å². The van der Waals surface area contributed by atoms with Gasteiger partial charge in [0.15, 0.2) is 0 Å². The van der Waals surface area contributed by atoms with Crippen LogP contribution in [0, 0.1) is 0 Å². The Bertz CT molecular complexity index is 1690. The van der Waals surface area contributed by atoms with Crippen molar-refractivity contribution in [3.05, 3.63) is 96.6 Å². The van der Waals surface area contributed by atoms with Gasteiger partial charge in [0.1, 0.15) is 12.7 Å². The van der Waals surface area contributed by atoms with E-state index < -0.39 is 0 Å². The van der Waals surface area contributed by atoms with Crippen LogP contribution in [0.5, 0.6) is 0 Å². The zero-order valence-corrected chi connectivity index (χ0v) is 17.9. The highest BCUT2D eigenvalue weighted by atomic mass is 15.2. The third-order valence-corrected chi connectivity index (χ3v) is 7.01. The summed E-state index contributed by atoms with van der Waals surface area (Å²) in [6.45, 7) is 4.67. The molecule has 7 rings (SSSR count). The number of aromatic nitrogens is 4. The standard InChI is InChI=1S/C28H20N4/c1-28(2)23-12-18-8-4-3-7-17(18)11-20(23)21-14-26-22(13-24(21)28)19-9-5-6-10-25(19)32(26)27-30-15-29-16-31-27/h3-16H,1-2H3. The molecule has 0 fully saturated rings. The van der Waals surface area contributed by atoms with E-state index in [0.717, 1.165) is 11.0 Å². The maximum absolute atomic E-state index is 4.47. The van der Waals surface area contributed by atoms with Gasteiger partial charge in [-0.2, -0.15) is 0 Å². The molecule has 4 heteroatoms. The molecule has 152 valence electrons. The summed E-state index contributed by atoms with van der Waals surface area (Å²) in [7, 11) is 0. The molecular formula is C28H20N4. The molecule has 32 heavy (non-hydrogen) atoms. The summed E-state index contributed by atoms with van der Waals surface area (Å²) in [6.07, 6.45) is 3.11. The highest BCUT2D eigenvalue weighted by Gasteiger charge is 2.36. The molecule has 1 aliphatic rings. The minimum Gasteiger partial charge on any atom is -0.278 e. The number of hydrogen-bond donors (Lipinski definition) is 0. The minimum absolute atomic E-state index is 0.0702. The lowest BCUT2D eigenvalue weighted by atomic mass is 9.81. The monoisotopic (exact) mass is 412 g/mol. The summed E-state index contributed by atoms with van der Waals surface area (Å²) in [5, 5.41) is 5.00. The molecule has 0 aliphatic heterocycles. The van der Waals surface area contributed by atoms with Gasteiger partial charge in [-0.15, -0.1) is 0 Å². The van der Waals surface area contributed by atoms with Gasteiger partial charge < -0.3 is 0 Å². The molecule has 4 aromatic carbocycles. The van der Waals surface area contributed by atoms with E-state index in [1.807, 2.05) is 0 Å². The van der Waals surface area contributed by atoms with Gasteiger partial charge in [-0.3, -0.25) is 4.57 Å². The molecule has 4 nitrogen and oxygen atoms in total. The molecule has 0 saturated heterocycles. The van der Waals surface area contributed by atoms with E-state index in [9.17, 15) is 0 Å². The minimum atomic E-state index is -0.0702. The third-order valence-electron chi connectivity index (χ3n) is 7.01. The van der Waals surface area contributed by atoms with E-state index in [1.54, 1.807) is 12.7 Å². The first-order chi connectivity index (χ1) is 15.6. The molecule has 0 spiro atoms. The van der Waals surface area contributed by atoms with Gasteiger partial charge in [-0.05, 0) is 63.4 Å². The molecule has 1 aliphatic carbocycles. The molecule has 0 bridgehead atoms. The summed E-state index contributed by atoms with van der Waals surface area (Å²) in [4.78, 5) is 13.0. The fraction of sp³-hybridized carbons (Fsp3) is 0.107. The van der Waals surface area contributed by atoms with Gasteiger partial charge in [-0.1, -0.05) is 56.3 Å². The van der Waals surface area contributed by atoms with Crippen molar-refractivity contribution in [2.75, 3.05) is 0 Å². The van der Waals surface area contributed by atoms with Crippen LogP contribution in [0.15, 0.2) is 85.5 Å². The van der Waals surface area contributed by atoms with Gasteiger partial charge in [0.25, 0.3) is 0 Å². The highest BCUT2D eigenvalue weighted by Crippen LogP contribution is 2.51. The van der Waals surface area contributed by atoms with E-state index in [2.05, 4.69) is 106 Å². The SMILES string of the molecule is CC1(C)c2cc3ccccc3cc2-c2cc3c(cc21)c1ccccc1n3-c1ncncn1. The van der Waals surface area contributed by atoms with E-state index >= 15 is 0 Å². The van der Waals surface area contributed by atoms with Crippen LogP contribution in [0.25, 0.3) is 49.7 Å². The smallest absolute Gasteiger partial charge is 0.237 e. The lowest BCUT2D eigenvalue weighted by molar-refractivity contribution is 0.662. The van der Waals surface area contributed by atoms with Crippen LogP contribution in [0.3, 0.4) is 0 Å². The van der Waals surface area contributed by atoms with Crippen LogP contribution in [0.2, 0.25) is 0 Å². The number of para-hydroxylation sites is 1. The third kappa shape index (κ3) is 2.19. The molecule has 2 aromatic heterocycles.